The quantitative estimate of drug-likeness (QED) is 0.675. The van der Waals surface area contributed by atoms with E-state index in [0.29, 0.717) is 0 Å². The number of fused-ring (bicyclic) bond motifs is 1. The van der Waals surface area contributed by atoms with E-state index in [2.05, 4.69) is 70.2 Å². The molecule has 1 saturated heterocycles. The van der Waals surface area contributed by atoms with Crippen molar-refractivity contribution < 1.29 is 0 Å². The summed E-state index contributed by atoms with van der Waals surface area (Å²) in [6, 6.07) is 16.9. The first-order valence-corrected chi connectivity index (χ1v) is 10.8. The predicted octanol–water partition coefficient (Wildman–Crippen LogP) is 4.50. The van der Waals surface area contributed by atoms with Crippen LogP contribution in [0.4, 0.5) is 5.69 Å². The minimum Gasteiger partial charge on any atom is -0.369 e. The first-order valence-electron chi connectivity index (χ1n) is 10.8. The maximum absolute atomic E-state index is 13.3. The number of nitrogens with zero attached hydrogens (tertiary/aromatic N) is 2. The molecule has 0 spiro atoms. The smallest absolute Gasteiger partial charge is 0.194 e. The number of hydrogen-bond donors (Lipinski definition) is 1. The van der Waals surface area contributed by atoms with Gasteiger partial charge in [0.2, 0.25) is 0 Å². The molecule has 2 aromatic carbocycles. The Labute approximate surface area is 173 Å². The molecule has 1 aliphatic heterocycles. The van der Waals surface area contributed by atoms with Gasteiger partial charge in [-0.3, -0.25) is 9.69 Å². The summed E-state index contributed by atoms with van der Waals surface area (Å²) >= 11 is 0. The maximum atomic E-state index is 13.3. The van der Waals surface area contributed by atoms with Gasteiger partial charge in [-0.15, -0.1) is 0 Å². The third-order valence-electron chi connectivity index (χ3n) is 6.07. The summed E-state index contributed by atoms with van der Waals surface area (Å²) in [5.74, 6) is 0. The fraction of sp³-hybridized carbons (Fsp3) is 0.400. The average Bonchev–Trinajstić information content (AvgIpc) is 2.76. The molecule has 29 heavy (non-hydrogen) atoms. The lowest BCUT2D eigenvalue weighted by Crippen LogP contribution is -2.46. The molecule has 0 bridgehead atoms. The van der Waals surface area contributed by atoms with E-state index in [1.165, 1.54) is 17.7 Å². The van der Waals surface area contributed by atoms with Gasteiger partial charge in [0, 0.05) is 60.6 Å². The minimum absolute atomic E-state index is 0.195. The standard InChI is InChI=1S/C25H31N3O/c1-3-4-8-20-11-12-24-22(17-20)25(29)23(19(2)26-24)18-27-13-15-28(16-14-27)21-9-6-5-7-10-21/h5-7,9-12,17H,3-4,8,13-16,18H2,1-2H3,(H,26,29). The van der Waals surface area contributed by atoms with Crippen LogP contribution in [-0.4, -0.2) is 36.1 Å². The normalized spacial score (nSPS) is 15.2. The van der Waals surface area contributed by atoms with E-state index < -0.39 is 0 Å². The van der Waals surface area contributed by atoms with Gasteiger partial charge in [-0.2, -0.15) is 0 Å². The van der Waals surface area contributed by atoms with Crippen molar-refractivity contribution in [2.45, 2.75) is 39.7 Å². The Morgan fingerprint density at radius 3 is 2.48 bits per heavy atom. The number of aryl methyl sites for hydroxylation is 2. The number of unbranched alkanes of at least 4 members (excludes halogenated alkanes) is 1. The zero-order valence-electron chi connectivity index (χ0n) is 17.6. The van der Waals surface area contributed by atoms with Crippen molar-refractivity contribution in [3.8, 4) is 0 Å². The van der Waals surface area contributed by atoms with Gasteiger partial charge in [0.1, 0.15) is 0 Å². The lowest BCUT2D eigenvalue weighted by molar-refractivity contribution is 0.248. The van der Waals surface area contributed by atoms with E-state index in [4.69, 9.17) is 0 Å². The van der Waals surface area contributed by atoms with Crippen LogP contribution >= 0.6 is 0 Å². The molecule has 1 N–H and O–H groups in total. The number of anilines is 1. The third-order valence-corrected chi connectivity index (χ3v) is 6.07. The molecule has 1 aromatic heterocycles. The number of benzene rings is 2. The third kappa shape index (κ3) is 4.38. The molecule has 4 nitrogen and oxygen atoms in total. The summed E-state index contributed by atoms with van der Waals surface area (Å²) < 4.78 is 0. The van der Waals surface area contributed by atoms with Crippen LogP contribution in [0.25, 0.3) is 10.9 Å². The Kier molecular flexibility index (Phi) is 6.00. The second-order valence-corrected chi connectivity index (χ2v) is 8.14. The highest BCUT2D eigenvalue weighted by Crippen LogP contribution is 2.19. The highest BCUT2D eigenvalue weighted by Gasteiger charge is 2.19. The lowest BCUT2D eigenvalue weighted by atomic mass is 10.0. The molecule has 4 heteroatoms. The van der Waals surface area contributed by atoms with E-state index in [-0.39, 0.29) is 5.43 Å². The Morgan fingerprint density at radius 2 is 1.76 bits per heavy atom. The minimum atomic E-state index is 0.195. The van der Waals surface area contributed by atoms with Gasteiger partial charge in [-0.05, 0) is 49.6 Å². The molecule has 0 saturated carbocycles. The van der Waals surface area contributed by atoms with Crippen LogP contribution in [-0.2, 0) is 13.0 Å². The maximum Gasteiger partial charge on any atom is 0.194 e. The van der Waals surface area contributed by atoms with Crippen molar-refractivity contribution in [2.75, 3.05) is 31.1 Å². The Balaban J connectivity index is 1.51. The summed E-state index contributed by atoms with van der Waals surface area (Å²) in [7, 11) is 0. The van der Waals surface area contributed by atoms with Gasteiger partial charge in [0.25, 0.3) is 0 Å². The Bertz CT molecular complexity index is 1020. The van der Waals surface area contributed by atoms with E-state index in [1.54, 1.807) is 0 Å². The summed E-state index contributed by atoms with van der Waals surface area (Å²) in [5, 5.41) is 0.835. The van der Waals surface area contributed by atoms with Crippen molar-refractivity contribution in [1.29, 1.82) is 0 Å². The van der Waals surface area contributed by atoms with Crippen LogP contribution in [0.5, 0.6) is 0 Å². The van der Waals surface area contributed by atoms with Gasteiger partial charge in [0.15, 0.2) is 5.43 Å². The summed E-state index contributed by atoms with van der Waals surface area (Å²) in [5.41, 5.74) is 5.60. The fourth-order valence-electron chi connectivity index (χ4n) is 4.25. The fourth-order valence-corrected chi connectivity index (χ4v) is 4.25. The monoisotopic (exact) mass is 389 g/mol. The number of aromatic amines is 1. The van der Waals surface area contributed by atoms with Gasteiger partial charge in [-0.25, -0.2) is 0 Å². The van der Waals surface area contributed by atoms with Crippen molar-refractivity contribution >= 4 is 16.6 Å². The Morgan fingerprint density at radius 1 is 1.00 bits per heavy atom. The number of para-hydroxylation sites is 1. The molecule has 0 aliphatic carbocycles. The van der Waals surface area contributed by atoms with Crippen LogP contribution in [0.1, 0.15) is 36.6 Å². The van der Waals surface area contributed by atoms with Crippen molar-refractivity contribution in [3.05, 3.63) is 75.6 Å². The molecule has 0 atom stereocenters. The topological polar surface area (TPSA) is 39.3 Å². The predicted molar refractivity (Wildman–Crippen MR) is 122 cm³/mol. The molecule has 1 aliphatic rings. The van der Waals surface area contributed by atoms with Gasteiger partial charge >= 0.3 is 0 Å². The van der Waals surface area contributed by atoms with Gasteiger partial charge in [-0.1, -0.05) is 37.6 Å². The summed E-state index contributed by atoms with van der Waals surface area (Å²) in [6.45, 7) is 8.89. The molecule has 0 amide bonds. The van der Waals surface area contributed by atoms with Crippen LogP contribution < -0.4 is 10.3 Å². The van der Waals surface area contributed by atoms with E-state index in [1.807, 2.05) is 6.92 Å². The van der Waals surface area contributed by atoms with E-state index >= 15 is 0 Å². The van der Waals surface area contributed by atoms with Crippen LogP contribution in [0, 0.1) is 6.92 Å². The molecule has 4 rings (SSSR count). The average molecular weight is 390 g/mol. The van der Waals surface area contributed by atoms with Crippen molar-refractivity contribution in [1.82, 2.24) is 9.88 Å². The molecule has 2 heterocycles. The molecule has 1 fully saturated rings. The highest BCUT2D eigenvalue weighted by atomic mass is 16.1. The van der Waals surface area contributed by atoms with Crippen LogP contribution in [0.3, 0.4) is 0 Å². The summed E-state index contributed by atoms with van der Waals surface area (Å²) in [4.78, 5) is 21.6. The molecule has 0 unspecified atom stereocenters. The first kappa shape index (κ1) is 19.7. The largest absolute Gasteiger partial charge is 0.369 e. The second-order valence-electron chi connectivity index (χ2n) is 8.14. The van der Waals surface area contributed by atoms with Gasteiger partial charge < -0.3 is 9.88 Å². The number of hydrogen-bond acceptors (Lipinski definition) is 3. The number of nitrogens with one attached hydrogen (secondary N) is 1. The number of piperazine rings is 1. The zero-order valence-corrected chi connectivity index (χ0v) is 17.6. The SMILES string of the molecule is CCCCc1ccc2[nH]c(C)c(CN3CCN(c4ccccc4)CC3)c(=O)c2c1. The van der Waals surface area contributed by atoms with Gasteiger partial charge in [0.05, 0.1) is 0 Å². The van der Waals surface area contributed by atoms with Crippen LogP contribution in [0.15, 0.2) is 53.3 Å². The second kappa shape index (κ2) is 8.83. The molecule has 3 aromatic rings. The van der Waals surface area contributed by atoms with E-state index in [9.17, 15) is 4.79 Å². The number of pyridine rings is 1. The van der Waals surface area contributed by atoms with Crippen LogP contribution in [0.2, 0.25) is 0 Å². The zero-order chi connectivity index (χ0) is 20.2. The van der Waals surface area contributed by atoms with E-state index in [0.717, 1.165) is 67.7 Å². The highest BCUT2D eigenvalue weighted by molar-refractivity contribution is 5.80. The number of rotatable bonds is 6. The first-order chi connectivity index (χ1) is 14.2. The molecule has 152 valence electrons. The molecule has 0 radical (unpaired) electrons. The lowest BCUT2D eigenvalue weighted by Gasteiger charge is -2.36. The van der Waals surface area contributed by atoms with Crippen molar-refractivity contribution in [2.24, 2.45) is 0 Å². The Hall–Kier alpha value is -2.59. The molecular formula is C25H31N3O. The number of aromatic nitrogens is 1. The van der Waals surface area contributed by atoms with Crippen molar-refractivity contribution in [3.63, 3.8) is 0 Å². The summed E-state index contributed by atoms with van der Waals surface area (Å²) in [6.07, 6.45) is 3.37. The molecular weight excluding hydrogens is 358 g/mol. The number of H-pyrrole nitrogens is 1.